The number of halogens is 3. The second-order valence-electron chi connectivity index (χ2n) is 4.42. The third kappa shape index (κ3) is 3.88. The Labute approximate surface area is 146 Å². The Bertz CT molecular complexity index is 793. The molecule has 23 heavy (non-hydrogen) atoms. The molecule has 120 valence electrons. The minimum atomic E-state index is -1.16. The van der Waals surface area contributed by atoms with E-state index in [9.17, 15) is 9.59 Å². The van der Waals surface area contributed by atoms with Crippen LogP contribution in [-0.2, 0) is 0 Å². The second-order valence-corrected chi connectivity index (χ2v) is 5.67. The van der Waals surface area contributed by atoms with Gasteiger partial charge >= 0.3 is 5.97 Å². The Balaban J connectivity index is 2.33. The molecule has 0 aromatic heterocycles. The number of ether oxygens (including phenoxy) is 1. The predicted octanol–water partition coefficient (Wildman–Crippen LogP) is 4.61. The molecule has 0 radical (unpaired) electrons. The largest absolute Gasteiger partial charge is 0.494 e. The number of amides is 1. The Morgan fingerprint density at radius 1 is 1.04 bits per heavy atom. The molecule has 2 aromatic carbocycles. The number of hydrogen-bond donors (Lipinski definition) is 2. The van der Waals surface area contributed by atoms with E-state index in [4.69, 9.17) is 44.6 Å². The van der Waals surface area contributed by atoms with Gasteiger partial charge in [0.2, 0.25) is 0 Å². The van der Waals surface area contributed by atoms with Crippen molar-refractivity contribution in [2.45, 2.75) is 0 Å². The van der Waals surface area contributed by atoms with E-state index in [1.54, 1.807) is 0 Å². The molecule has 2 N–H and O–H groups in total. The van der Waals surface area contributed by atoms with Crippen molar-refractivity contribution in [2.75, 3.05) is 12.4 Å². The number of carboxylic acid groups (broad SMARTS) is 1. The van der Waals surface area contributed by atoms with Gasteiger partial charge in [0.25, 0.3) is 5.91 Å². The number of hydrogen-bond acceptors (Lipinski definition) is 3. The van der Waals surface area contributed by atoms with Crippen LogP contribution in [0.3, 0.4) is 0 Å². The second kappa shape index (κ2) is 7.08. The summed E-state index contributed by atoms with van der Waals surface area (Å²) in [5.74, 6) is -1.50. The summed E-state index contributed by atoms with van der Waals surface area (Å²) in [4.78, 5) is 23.3. The molecule has 0 unspecified atom stereocenters. The van der Waals surface area contributed by atoms with Crippen molar-refractivity contribution in [1.29, 1.82) is 0 Å². The van der Waals surface area contributed by atoms with Crippen molar-refractivity contribution in [3.05, 3.63) is 56.5 Å². The van der Waals surface area contributed by atoms with Crippen LogP contribution in [0.25, 0.3) is 0 Å². The summed E-state index contributed by atoms with van der Waals surface area (Å²) < 4.78 is 5.11. The number of nitrogens with one attached hydrogen (secondary N) is 1. The van der Waals surface area contributed by atoms with Gasteiger partial charge in [-0.15, -0.1) is 0 Å². The molecule has 0 spiro atoms. The lowest BCUT2D eigenvalue weighted by molar-refractivity contribution is 0.0697. The number of rotatable bonds is 4. The summed E-state index contributed by atoms with van der Waals surface area (Å²) in [6.07, 6.45) is 0. The summed E-state index contributed by atoms with van der Waals surface area (Å²) in [5, 5.41) is 12.0. The van der Waals surface area contributed by atoms with Crippen LogP contribution in [-0.4, -0.2) is 24.1 Å². The summed E-state index contributed by atoms with van der Waals surface area (Å²) >= 11 is 17.8. The molecule has 0 aliphatic carbocycles. The molecular formula is C15H10Cl3NO4. The van der Waals surface area contributed by atoms with Crippen molar-refractivity contribution in [3.63, 3.8) is 0 Å². The number of benzene rings is 2. The van der Waals surface area contributed by atoms with E-state index in [0.717, 1.165) is 0 Å². The van der Waals surface area contributed by atoms with Gasteiger partial charge in [0.05, 0.1) is 28.3 Å². The predicted molar refractivity (Wildman–Crippen MR) is 89.4 cm³/mol. The van der Waals surface area contributed by atoms with Crippen LogP contribution in [0.4, 0.5) is 5.69 Å². The van der Waals surface area contributed by atoms with Crippen molar-refractivity contribution in [2.24, 2.45) is 0 Å². The van der Waals surface area contributed by atoms with E-state index in [1.807, 2.05) is 0 Å². The maximum absolute atomic E-state index is 12.4. The zero-order chi connectivity index (χ0) is 17.1. The molecule has 5 nitrogen and oxygen atoms in total. The van der Waals surface area contributed by atoms with Gasteiger partial charge in [-0.05, 0) is 30.3 Å². The Morgan fingerprint density at radius 2 is 1.74 bits per heavy atom. The molecule has 0 atom stereocenters. The first-order valence-corrected chi connectivity index (χ1v) is 7.34. The van der Waals surface area contributed by atoms with E-state index in [0.29, 0.717) is 5.69 Å². The highest BCUT2D eigenvalue weighted by molar-refractivity contribution is 6.36. The molecule has 2 aromatic rings. The van der Waals surface area contributed by atoms with Crippen molar-refractivity contribution < 1.29 is 19.4 Å². The van der Waals surface area contributed by atoms with Crippen LogP contribution in [0.2, 0.25) is 15.1 Å². The SMILES string of the molecule is COc1c(Cl)cc(Cl)cc1C(=O)Nc1ccc(C(=O)O)c(Cl)c1. The highest BCUT2D eigenvalue weighted by Gasteiger charge is 2.18. The van der Waals surface area contributed by atoms with Crippen LogP contribution in [0.15, 0.2) is 30.3 Å². The molecule has 0 aliphatic rings. The minimum Gasteiger partial charge on any atom is -0.494 e. The fraction of sp³-hybridized carbons (Fsp3) is 0.0667. The van der Waals surface area contributed by atoms with Crippen molar-refractivity contribution in [1.82, 2.24) is 0 Å². The number of aromatic carboxylic acids is 1. The number of carbonyl (C=O) groups is 2. The van der Waals surface area contributed by atoms with Crippen LogP contribution in [0.5, 0.6) is 5.75 Å². The summed E-state index contributed by atoms with van der Waals surface area (Å²) in [5.41, 5.74) is 0.402. The van der Waals surface area contributed by atoms with Gasteiger partial charge in [-0.25, -0.2) is 4.79 Å². The number of carbonyl (C=O) groups excluding carboxylic acids is 1. The Morgan fingerprint density at radius 3 is 2.30 bits per heavy atom. The zero-order valence-electron chi connectivity index (χ0n) is 11.7. The van der Waals surface area contributed by atoms with Gasteiger partial charge in [-0.2, -0.15) is 0 Å². The van der Waals surface area contributed by atoms with Gasteiger partial charge in [0.15, 0.2) is 0 Å². The average Bonchev–Trinajstić information content (AvgIpc) is 2.46. The van der Waals surface area contributed by atoms with E-state index in [1.165, 1.54) is 37.4 Å². The molecule has 1 amide bonds. The van der Waals surface area contributed by atoms with Crippen molar-refractivity contribution in [3.8, 4) is 5.75 Å². The van der Waals surface area contributed by atoms with Crippen LogP contribution in [0, 0.1) is 0 Å². The third-order valence-corrected chi connectivity index (χ3v) is 3.73. The lowest BCUT2D eigenvalue weighted by Gasteiger charge is -2.12. The maximum atomic E-state index is 12.4. The van der Waals surface area contributed by atoms with Gasteiger partial charge in [0, 0.05) is 10.7 Å². The van der Waals surface area contributed by atoms with Gasteiger partial charge in [-0.1, -0.05) is 34.8 Å². The van der Waals surface area contributed by atoms with Gasteiger partial charge in [-0.3, -0.25) is 4.79 Å². The van der Waals surface area contributed by atoms with E-state index < -0.39 is 11.9 Å². The lowest BCUT2D eigenvalue weighted by atomic mass is 10.1. The molecule has 0 aliphatic heterocycles. The van der Waals surface area contributed by atoms with E-state index in [2.05, 4.69) is 5.32 Å². The first-order valence-electron chi connectivity index (χ1n) is 6.20. The summed E-state index contributed by atoms with van der Waals surface area (Å²) in [6.45, 7) is 0. The Kier molecular flexibility index (Phi) is 5.36. The number of carboxylic acids is 1. The van der Waals surface area contributed by atoms with Gasteiger partial charge in [0.1, 0.15) is 5.75 Å². The topological polar surface area (TPSA) is 75.6 Å². The summed E-state index contributed by atoms with van der Waals surface area (Å²) in [7, 11) is 1.38. The molecule has 0 heterocycles. The fourth-order valence-corrected chi connectivity index (χ4v) is 2.73. The monoisotopic (exact) mass is 373 g/mol. The number of anilines is 1. The van der Waals surface area contributed by atoms with E-state index in [-0.39, 0.29) is 31.9 Å². The highest BCUT2D eigenvalue weighted by Crippen LogP contribution is 2.33. The minimum absolute atomic E-state index is 0.00592. The lowest BCUT2D eigenvalue weighted by Crippen LogP contribution is -2.13. The molecule has 8 heteroatoms. The third-order valence-electron chi connectivity index (χ3n) is 2.91. The van der Waals surface area contributed by atoms with Crippen LogP contribution in [0.1, 0.15) is 20.7 Å². The standard InChI is InChI=1S/C15H10Cl3NO4/c1-23-13-10(4-7(16)5-12(13)18)14(20)19-8-2-3-9(15(21)22)11(17)6-8/h2-6H,1H3,(H,19,20)(H,21,22). The first-order chi connectivity index (χ1) is 10.8. The molecule has 0 saturated carbocycles. The maximum Gasteiger partial charge on any atom is 0.337 e. The molecule has 0 bridgehead atoms. The normalized spacial score (nSPS) is 10.3. The highest BCUT2D eigenvalue weighted by atomic mass is 35.5. The molecule has 2 rings (SSSR count). The molecule has 0 fully saturated rings. The van der Waals surface area contributed by atoms with Crippen LogP contribution >= 0.6 is 34.8 Å². The quantitative estimate of drug-likeness (QED) is 0.819. The van der Waals surface area contributed by atoms with Gasteiger partial charge < -0.3 is 15.2 Å². The van der Waals surface area contributed by atoms with Crippen molar-refractivity contribution >= 4 is 52.4 Å². The fourth-order valence-electron chi connectivity index (χ4n) is 1.90. The smallest absolute Gasteiger partial charge is 0.337 e. The summed E-state index contributed by atoms with van der Waals surface area (Å²) in [6, 6.07) is 6.92. The number of methoxy groups -OCH3 is 1. The average molecular weight is 375 g/mol. The molecule has 0 saturated heterocycles. The zero-order valence-corrected chi connectivity index (χ0v) is 14.0. The first kappa shape index (κ1) is 17.4. The Hall–Kier alpha value is -1.95. The van der Waals surface area contributed by atoms with Crippen LogP contribution < -0.4 is 10.1 Å². The van der Waals surface area contributed by atoms with E-state index >= 15 is 0 Å². The molecular weight excluding hydrogens is 365 g/mol.